The monoisotopic (exact) mass is 340 g/mol. The van der Waals surface area contributed by atoms with Crippen molar-refractivity contribution in [3.05, 3.63) is 54.0 Å². The standard InChI is InChI=1S/C21H28N2O2/c1-15-13-19(15)20-11-9-18(25-20)10-12-21(24)22-14-16(2)23(3)17-7-5-4-6-8-17/h4-9,11,15-16,19H,10,12-14H2,1-3H3,(H,22,24)/t15-,16+,19+/m1/s1. The predicted molar refractivity (Wildman–Crippen MR) is 101 cm³/mol. The van der Waals surface area contributed by atoms with Gasteiger partial charge in [-0.1, -0.05) is 25.1 Å². The van der Waals surface area contributed by atoms with Crippen LogP contribution in [0.4, 0.5) is 5.69 Å². The number of benzene rings is 1. The van der Waals surface area contributed by atoms with Crippen LogP contribution < -0.4 is 10.2 Å². The van der Waals surface area contributed by atoms with Crippen molar-refractivity contribution < 1.29 is 9.21 Å². The summed E-state index contributed by atoms with van der Waals surface area (Å²) >= 11 is 0. The number of nitrogens with one attached hydrogen (secondary N) is 1. The molecule has 1 heterocycles. The van der Waals surface area contributed by atoms with Gasteiger partial charge >= 0.3 is 0 Å². The van der Waals surface area contributed by atoms with Crippen LogP contribution in [0.1, 0.15) is 44.1 Å². The predicted octanol–water partition coefficient (Wildman–Crippen LogP) is 3.98. The van der Waals surface area contributed by atoms with Crippen molar-refractivity contribution in [2.45, 2.75) is 45.1 Å². The molecule has 3 rings (SSSR count). The van der Waals surface area contributed by atoms with Crippen molar-refractivity contribution in [2.24, 2.45) is 5.92 Å². The molecule has 4 nitrogen and oxygen atoms in total. The Labute approximate surface area is 150 Å². The molecule has 0 spiro atoms. The Bertz CT molecular complexity index is 695. The molecule has 2 aromatic rings. The number of hydrogen-bond acceptors (Lipinski definition) is 3. The van der Waals surface area contributed by atoms with Crippen LogP contribution in [0.3, 0.4) is 0 Å². The molecule has 0 bridgehead atoms. The number of aryl methyl sites for hydroxylation is 1. The van der Waals surface area contributed by atoms with Gasteiger partial charge < -0.3 is 14.6 Å². The SMILES string of the molecule is C[C@@H]1C[C@@H]1c1ccc(CCC(=O)NC[C@H](C)N(C)c2ccccc2)o1. The van der Waals surface area contributed by atoms with Gasteiger partial charge in [-0.25, -0.2) is 0 Å². The van der Waals surface area contributed by atoms with E-state index in [0.29, 0.717) is 25.3 Å². The van der Waals surface area contributed by atoms with Crippen molar-refractivity contribution in [1.82, 2.24) is 5.32 Å². The lowest BCUT2D eigenvalue weighted by Crippen LogP contribution is -2.40. The zero-order valence-electron chi connectivity index (χ0n) is 15.4. The average Bonchev–Trinajstić information content (AvgIpc) is 3.18. The molecular formula is C21H28N2O2. The van der Waals surface area contributed by atoms with E-state index in [1.807, 2.05) is 24.3 Å². The van der Waals surface area contributed by atoms with Gasteiger partial charge in [0.1, 0.15) is 11.5 Å². The first-order valence-electron chi connectivity index (χ1n) is 9.17. The van der Waals surface area contributed by atoms with Gasteiger partial charge in [-0.2, -0.15) is 0 Å². The minimum absolute atomic E-state index is 0.0750. The third-order valence-corrected chi connectivity index (χ3v) is 5.18. The highest BCUT2D eigenvalue weighted by atomic mass is 16.3. The molecule has 1 aromatic carbocycles. The van der Waals surface area contributed by atoms with E-state index in [2.05, 4.69) is 49.3 Å². The van der Waals surface area contributed by atoms with Gasteiger partial charge in [-0.05, 0) is 43.5 Å². The summed E-state index contributed by atoms with van der Waals surface area (Å²) in [5.41, 5.74) is 1.15. The Hall–Kier alpha value is -2.23. The van der Waals surface area contributed by atoms with Gasteiger partial charge in [0.05, 0.1) is 0 Å². The molecule has 1 aromatic heterocycles. The first-order chi connectivity index (χ1) is 12.0. The molecule has 1 amide bonds. The minimum Gasteiger partial charge on any atom is -0.466 e. The maximum atomic E-state index is 12.1. The van der Waals surface area contributed by atoms with E-state index in [4.69, 9.17) is 4.42 Å². The summed E-state index contributed by atoms with van der Waals surface area (Å²) < 4.78 is 5.86. The van der Waals surface area contributed by atoms with E-state index < -0.39 is 0 Å². The molecule has 1 aliphatic carbocycles. The Morgan fingerprint density at radius 1 is 1.28 bits per heavy atom. The number of rotatable bonds is 8. The first-order valence-corrected chi connectivity index (χ1v) is 9.17. The van der Waals surface area contributed by atoms with Gasteiger partial charge in [0.25, 0.3) is 0 Å². The minimum atomic E-state index is 0.0750. The van der Waals surface area contributed by atoms with Crippen molar-refractivity contribution in [3.8, 4) is 0 Å². The second kappa shape index (κ2) is 7.77. The van der Waals surface area contributed by atoms with Crippen LogP contribution in [0.5, 0.6) is 0 Å². The van der Waals surface area contributed by atoms with E-state index in [-0.39, 0.29) is 11.9 Å². The van der Waals surface area contributed by atoms with Crippen LogP contribution in [-0.2, 0) is 11.2 Å². The fourth-order valence-corrected chi connectivity index (χ4v) is 3.09. The topological polar surface area (TPSA) is 45.5 Å². The summed E-state index contributed by atoms with van der Waals surface area (Å²) in [6, 6.07) is 14.5. The smallest absolute Gasteiger partial charge is 0.220 e. The third-order valence-electron chi connectivity index (χ3n) is 5.18. The normalized spacial score (nSPS) is 20.1. The molecule has 4 heteroatoms. The number of nitrogens with zero attached hydrogens (tertiary/aromatic N) is 1. The number of anilines is 1. The van der Waals surface area contributed by atoms with Crippen LogP contribution in [-0.4, -0.2) is 25.5 Å². The Morgan fingerprint density at radius 2 is 2.00 bits per heavy atom. The number of amides is 1. The molecule has 0 aliphatic heterocycles. The van der Waals surface area contributed by atoms with Gasteiger partial charge in [-0.3, -0.25) is 4.79 Å². The van der Waals surface area contributed by atoms with Crippen LogP contribution in [0.2, 0.25) is 0 Å². The Morgan fingerprint density at radius 3 is 2.68 bits per heavy atom. The summed E-state index contributed by atoms with van der Waals surface area (Å²) in [6.45, 7) is 4.99. The maximum Gasteiger partial charge on any atom is 0.220 e. The van der Waals surface area contributed by atoms with Gasteiger partial charge in [-0.15, -0.1) is 0 Å². The Balaban J connectivity index is 1.39. The van der Waals surface area contributed by atoms with Crippen molar-refractivity contribution >= 4 is 11.6 Å². The molecule has 1 saturated carbocycles. The molecular weight excluding hydrogens is 312 g/mol. The summed E-state index contributed by atoms with van der Waals surface area (Å²) in [5, 5.41) is 3.03. The van der Waals surface area contributed by atoms with Crippen molar-refractivity contribution in [1.29, 1.82) is 0 Å². The molecule has 0 radical (unpaired) electrons. The van der Waals surface area contributed by atoms with Crippen molar-refractivity contribution in [2.75, 3.05) is 18.5 Å². The van der Waals surface area contributed by atoms with Crippen LogP contribution in [0, 0.1) is 5.92 Å². The second-order valence-electron chi connectivity index (χ2n) is 7.22. The zero-order valence-corrected chi connectivity index (χ0v) is 15.4. The number of para-hydroxylation sites is 1. The van der Waals surface area contributed by atoms with Crippen LogP contribution >= 0.6 is 0 Å². The number of carbonyl (C=O) groups is 1. The second-order valence-corrected chi connectivity index (χ2v) is 7.22. The molecule has 0 saturated heterocycles. The lowest BCUT2D eigenvalue weighted by molar-refractivity contribution is -0.121. The van der Waals surface area contributed by atoms with Crippen LogP contribution in [0.15, 0.2) is 46.9 Å². The highest BCUT2D eigenvalue weighted by Crippen LogP contribution is 2.47. The number of likely N-dealkylation sites (N-methyl/N-ethyl adjacent to an activating group) is 1. The zero-order chi connectivity index (χ0) is 17.8. The summed E-state index contributed by atoms with van der Waals surface area (Å²) in [7, 11) is 2.05. The quantitative estimate of drug-likeness (QED) is 0.791. The fourth-order valence-electron chi connectivity index (χ4n) is 3.09. The molecule has 1 aliphatic rings. The van der Waals surface area contributed by atoms with Gasteiger partial charge in [0.15, 0.2) is 0 Å². The first kappa shape index (κ1) is 17.6. The van der Waals surface area contributed by atoms with E-state index in [9.17, 15) is 4.79 Å². The highest BCUT2D eigenvalue weighted by Gasteiger charge is 2.36. The largest absolute Gasteiger partial charge is 0.466 e. The molecule has 3 atom stereocenters. The molecule has 0 unspecified atom stereocenters. The Kier molecular flexibility index (Phi) is 5.47. The summed E-state index contributed by atoms with van der Waals surface area (Å²) in [4.78, 5) is 14.3. The van der Waals surface area contributed by atoms with E-state index in [1.165, 1.54) is 6.42 Å². The lowest BCUT2D eigenvalue weighted by Gasteiger charge is -2.27. The number of furan rings is 1. The van der Waals surface area contributed by atoms with E-state index in [0.717, 1.165) is 23.1 Å². The van der Waals surface area contributed by atoms with E-state index in [1.54, 1.807) is 0 Å². The molecule has 134 valence electrons. The summed E-state index contributed by atoms with van der Waals surface area (Å²) in [5.74, 6) is 3.41. The molecule has 1 fully saturated rings. The highest BCUT2D eigenvalue weighted by molar-refractivity contribution is 5.76. The number of carbonyl (C=O) groups excluding carboxylic acids is 1. The third kappa shape index (κ3) is 4.65. The molecule has 25 heavy (non-hydrogen) atoms. The summed E-state index contributed by atoms with van der Waals surface area (Å²) in [6.07, 6.45) is 2.35. The van der Waals surface area contributed by atoms with E-state index >= 15 is 0 Å². The average molecular weight is 340 g/mol. The number of hydrogen-bond donors (Lipinski definition) is 1. The maximum absolute atomic E-state index is 12.1. The van der Waals surface area contributed by atoms with Crippen molar-refractivity contribution in [3.63, 3.8) is 0 Å². The van der Waals surface area contributed by atoms with Crippen LogP contribution in [0.25, 0.3) is 0 Å². The molecule has 1 N–H and O–H groups in total. The van der Waals surface area contributed by atoms with Gasteiger partial charge in [0.2, 0.25) is 5.91 Å². The van der Waals surface area contributed by atoms with Gasteiger partial charge in [0, 0.05) is 44.1 Å². The fraction of sp³-hybridized carbons (Fsp3) is 0.476. The lowest BCUT2D eigenvalue weighted by atomic mass is 10.2.